The molecule has 5 heteroatoms. The van der Waals surface area contributed by atoms with Gasteiger partial charge in [-0.05, 0) is 25.1 Å². The molecule has 0 amide bonds. The number of benzene rings is 1. The highest BCUT2D eigenvalue weighted by Crippen LogP contribution is 2.27. The van der Waals surface area contributed by atoms with E-state index in [1.165, 1.54) is 5.56 Å². The second-order valence-corrected chi connectivity index (χ2v) is 6.10. The minimum absolute atomic E-state index is 0.155. The van der Waals surface area contributed by atoms with Gasteiger partial charge in [0.05, 0.1) is 32.8 Å². The Morgan fingerprint density at radius 1 is 1.09 bits per heavy atom. The van der Waals surface area contributed by atoms with E-state index in [2.05, 4.69) is 18.2 Å². The number of rotatable bonds is 6. The largest absolute Gasteiger partial charge is 0.493 e. The van der Waals surface area contributed by atoms with Gasteiger partial charge in [0, 0.05) is 5.56 Å². The van der Waals surface area contributed by atoms with Gasteiger partial charge in [0.2, 0.25) is 0 Å². The number of nitrogens with one attached hydrogen (secondary N) is 2. The minimum atomic E-state index is 0.155. The Morgan fingerprint density at radius 2 is 1.73 bits per heavy atom. The molecule has 0 bridgehead atoms. The Hall–Kier alpha value is -1.77. The fourth-order valence-corrected chi connectivity index (χ4v) is 3.10. The van der Waals surface area contributed by atoms with E-state index in [0.717, 1.165) is 50.8 Å². The highest BCUT2D eigenvalue weighted by atomic mass is 16.5. The van der Waals surface area contributed by atoms with Crippen molar-refractivity contribution in [3.63, 3.8) is 0 Å². The Labute approximate surface area is 133 Å². The predicted molar refractivity (Wildman–Crippen MR) is 84.3 cm³/mol. The maximum absolute atomic E-state index is 8.91. The molecule has 0 spiro atoms. The van der Waals surface area contributed by atoms with Crippen LogP contribution in [0.4, 0.5) is 0 Å². The number of hydrogen-bond donors (Lipinski definition) is 2. The molecule has 1 aromatic rings. The SMILES string of the molecule is COc1ccc(C[NH+]2CC[NH+](C[C@H](C)C#N)CC2)cc1OC. The van der Waals surface area contributed by atoms with Gasteiger partial charge in [-0.2, -0.15) is 5.26 Å². The first-order valence-electron chi connectivity index (χ1n) is 7.94. The van der Waals surface area contributed by atoms with Crippen LogP contribution < -0.4 is 19.3 Å². The van der Waals surface area contributed by atoms with Crippen LogP contribution in [-0.4, -0.2) is 46.9 Å². The van der Waals surface area contributed by atoms with Crippen molar-refractivity contribution in [2.45, 2.75) is 13.5 Å². The van der Waals surface area contributed by atoms with E-state index in [4.69, 9.17) is 14.7 Å². The van der Waals surface area contributed by atoms with Crippen LogP contribution in [0.2, 0.25) is 0 Å². The summed E-state index contributed by atoms with van der Waals surface area (Å²) in [6.07, 6.45) is 0. The molecule has 1 heterocycles. The molecule has 0 aliphatic carbocycles. The molecule has 2 rings (SSSR count). The zero-order chi connectivity index (χ0) is 15.9. The average molecular weight is 305 g/mol. The molecule has 1 aliphatic heterocycles. The molecule has 0 saturated carbocycles. The molecule has 1 saturated heterocycles. The molecule has 1 aliphatic rings. The Kier molecular flexibility index (Phi) is 6.05. The van der Waals surface area contributed by atoms with E-state index < -0.39 is 0 Å². The van der Waals surface area contributed by atoms with E-state index in [1.807, 2.05) is 13.0 Å². The number of nitrogens with zero attached hydrogens (tertiary/aromatic N) is 1. The first-order valence-corrected chi connectivity index (χ1v) is 7.94. The lowest BCUT2D eigenvalue weighted by Crippen LogP contribution is -3.27. The summed E-state index contributed by atoms with van der Waals surface area (Å²) in [5, 5.41) is 8.91. The molecule has 120 valence electrons. The minimum Gasteiger partial charge on any atom is -0.493 e. The van der Waals surface area contributed by atoms with E-state index in [1.54, 1.807) is 24.0 Å². The van der Waals surface area contributed by atoms with Gasteiger partial charge in [0.1, 0.15) is 32.7 Å². The second-order valence-electron chi connectivity index (χ2n) is 6.10. The molecule has 5 nitrogen and oxygen atoms in total. The van der Waals surface area contributed by atoms with Gasteiger partial charge in [-0.1, -0.05) is 0 Å². The van der Waals surface area contributed by atoms with Gasteiger partial charge >= 0.3 is 0 Å². The number of methoxy groups -OCH3 is 2. The molecule has 2 N–H and O–H groups in total. The van der Waals surface area contributed by atoms with Crippen molar-refractivity contribution in [2.75, 3.05) is 46.9 Å². The van der Waals surface area contributed by atoms with Crippen molar-refractivity contribution >= 4 is 0 Å². The first kappa shape index (κ1) is 16.6. The number of nitriles is 1. The Bertz CT molecular complexity index is 519. The summed E-state index contributed by atoms with van der Waals surface area (Å²) >= 11 is 0. The molecule has 1 aromatic carbocycles. The van der Waals surface area contributed by atoms with Crippen LogP contribution >= 0.6 is 0 Å². The summed E-state index contributed by atoms with van der Waals surface area (Å²) in [6.45, 7) is 8.60. The molecule has 22 heavy (non-hydrogen) atoms. The normalized spacial score (nSPS) is 22.6. The summed E-state index contributed by atoms with van der Waals surface area (Å²) in [7, 11) is 3.33. The predicted octanol–water partition coefficient (Wildman–Crippen LogP) is -0.853. The third-order valence-electron chi connectivity index (χ3n) is 4.38. The first-order chi connectivity index (χ1) is 10.7. The number of piperazine rings is 1. The zero-order valence-corrected chi connectivity index (χ0v) is 13.8. The van der Waals surface area contributed by atoms with Crippen molar-refractivity contribution in [1.82, 2.24) is 0 Å². The van der Waals surface area contributed by atoms with E-state index in [9.17, 15) is 0 Å². The number of hydrogen-bond acceptors (Lipinski definition) is 3. The Balaban J connectivity index is 1.87. The molecule has 0 unspecified atom stereocenters. The topological polar surface area (TPSA) is 51.1 Å². The standard InChI is InChI=1S/C17H25N3O2/c1-14(11-18)12-19-6-8-20(9-7-19)13-15-4-5-16(21-2)17(10-15)22-3/h4-5,10,14H,6-9,12-13H2,1-3H3/p+2/t14-/m1/s1. The van der Waals surface area contributed by atoms with Crippen molar-refractivity contribution in [3.8, 4) is 17.6 Å². The Morgan fingerprint density at radius 3 is 2.32 bits per heavy atom. The molecule has 1 fully saturated rings. The third-order valence-corrected chi connectivity index (χ3v) is 4.38. The van der Waals surface area contributed by atoms with Crippen LogP contribution in [-0.2, 0) is 6.54 Å². The van der Waals surface area contributed by atoms with Gasteiger partial charge in [-0.15, -0.1) is 0 Å². The lowest BCUT2D eigenvalue weighted by atomic mass is 10.1. The summed E-state index contributed by atoms with van der Waals surface area (Å²) in [5.74, 6) is 1.73. The summed E-state index contributed by atoms with van der Waals surface area (Å²) in [4.78, 5) is 3.16. The van der Waals surface area contributed by atoms with Gasteiger partial charge < -0.3 is 19.3 Å². The number of quaternary nitrogens is 2. The van der Waals surface area contributed by atoms with Crippen LogP contribution in [0.3, 0.4) is 0 Å². The maximum Gasteiger partial charge on any atom is 0.161 e. The lowest BCUT2D eigenvalue weighted by molar-refractivity contribution is -1.02. The van der Waals surface area contributed by atoms with Crippen LogP contribution in [0.1, 0.15) is 12.5 Å². The zero-order valence-electron chi connectivity index (χ0n) is 13.8. The summed E-state index contributed by atoms with van der Waals surface area (Å²) in [5.41, 5.74) is 1.28. The average Bonchev–Trinajstić information content (AvgIpc) is 2.56. The monoisotopic (exact) mass is 305 g/mol. The van der Waals surface area contributed by atoms with Crippen LogP contribution in [0.5, 0.6) is 11.5 Å². The van der Waals surface area contributed by atoms with Crippen molar-refractivity contribution in [3.05, 3.63) is 23.8 Å². The van der Waals surface area contributed by atoms with Crippen molar-refractivity contribution in [1.29, 1.82) is 5.26 Å². The molecular weight excluding hydrogens is 278 g/mol. The molecule has 0 aromatic heterocycles. The third kappa shape index (κ3) is 4.36. The van der Waals surface area contributed by atoms with Gasteiger partial charge in [-0.25, -0.2) is 0 Å². The highest BCUT2D eigenvalue weighted by molar-refractivity contribution is 5.42. The fraction of sp³-hybridized carbons (Fsp3) is 0.588. The van der Waals surface area contributed by atoms with Gasteiger partial charge in [0.25, 0.3) is 0 Å². The van der Waals surface area contributed by atoms with Crippen molar-refractivity contribution in [2.24, 2.45) is 5.92 Å². The smallest absolute Gasteiger partial charge is 0.161 e. The van der Waals surface area contributed by atoms with Crippen LogP contribution in [0.15, 0.2) is 18.2 Å². The fourth-order valence-electron chi connectivity index (χ4n) is 3.10. The number of ether oxygens (including phenoxy) is 2. The summed E-state index contributed by atoms with van der Waals surface area (Å²) in [6, 6.07) is 8.50. The highest BCUT2D eigenvalue weighted by Gasteiger charge is 2.24. The van der Waals surface area contributed by atoms with Gasteiger partial charge in [-0.3, -0.25) is 0 Å². The maximum atomic E-state index is 8.91. The van der Waals surface area contributed by atoms with E-state index in [-0.39, 0.29) is 5.92 Å². The molecule has 1 atom stereocenters. The second kappa shape index (κ2) is 8.02. The quantitative estimate of drug-likeness (QED) is 0.720. The lowest BCUT2D eigenvalue weighted by Gasteiger charge is -2.30. The van der Waals surface area contributed by atoms with Crippen molar-refractivity contribution < 1.29 is 19.3 Å². The van der Waals surface area contributed by atoms with Crippen LogP contribution in [0.25, 0.3) is 0 Å². The van der Waals surface area contributed by atoms with Crippen LogP contribution in [0, 0.1) is 17.2 Å². The molecule has 0 radical (unpaired) electrons. The molecular formula is C17H27N3O2+2. The van der Waals surface area contributed by atoms with Gasteiger partial charge in [0.15, 0.2) is 11.5 Å². The van der Waals surface area contributed by atoms with E-state index in [0.29, 0.717) is 0 Å². The van der Waals surface area contributed by atoms with E-state index >= 15 is 0 Å². The summed E-state index contributed by atoms with van der Waals surface area (Å²) < 4.78 is 10.7.